The van der Waals surface area contributed by atoms with E-state index in [2.05, 4.69) is 6.07 Å². The molecule has 0 radical (unpaired) electrons. The standard InChI is InChI=1S/C20H16N2O2/c1-22(2)16-10-7-14(8-11-16)20(23)24-19-12-9-15(13-21)17-5-3-4-6-18(17)19/h3-12H,1-2H3. The molecule has 0 bridgehead atoms. The first-order chi connectivity index (χ1) is 11.6. The minimum Gasteiger partial charge on any atom is -0.422 e. The molecule has 0 heterocycles. The van der Waals surface area contributed by atoms with Crippen LogP contribution in [0.4, 0.5) is 5.69 Å². The highest BCUT2D eigenvalue weighted by Gasteiger charge is 2.12. The van der Waals surface area contributed by atoms with Gasteiger partial charge in [0.25, 0.3) is 0 Å². The van der Waals surface area contributed by atoms with Crippen LogP contribution in [0.5, 0.6) is 5.75 Å². The van der Waals surface area contributed by atoms with Crippen LogP contribution in [0.15, 0.2) is 60.7 Å². The number of nitrogens with zero attached hydrogens (tertiary/aromatic N) is 2. The predicted molar refractivity (Wildman–Crippen MR) is 94.4 cm³/mol. The van der Waals surface area contributed by atoms with Crippen molar-refractivity contribution < 1.29 is 9.53 Å². The van der Waals surface area contributed by atoms with Crippen molar-refractivity contribution in [3.63, 3.8) is 0 Å². The van der Waals surface area contributed by atoms with Gasteiger partial charge in [0.2, 0.25) is 0 Å². The van der Waals surface area contributed by atoms with E-state index in [1.165, 1.54) is 0 Å². The number of hydrogen-bond donors (Lipinski definition) is 0. The Kier molecular flexibility index (Phi) is 4.17. The van der Waals surface area contributed by atoms with Crippen LogP contribution < -0.4 is 9.64 Å². The third kappa shape index (κ3) is 2.92. The largest absolute Gasteiger partial charge is 0.422 e. The molecule has 0 aliphatic rings. The third-order valence-corrected chi connectivity index (χ3v) is 3.83. The molecule has 0 aliphatic heterocycles. The van der Waals surface area contributed by atoms with Crippen LogP contribution in [-0.4, -0.2) is 20.1 Å². The molecule has 0 spiro atoms. The van der Waals surface area contributed by atoms with Gasteiger partial charge in [0.15, 0.2) is 0 Å². The lowest BCUT2D eigenvalue weighted by Crippen LogP contribution is -2.11. The Balaban J connectivity index is 1.92. The number of fused-ring (bicyclic) bond motifs is 1. The van der Waals surface area contributed by atoms with E-state index in [1.807, 2.05) is 55.4 Å². The van der Waals surface area contributed by atoms with Crippen molar-refractivity contribution in [2.75, 3.05) is 19.0 Å². The van der Waals surface area contributed by atoms with Gasteiger partial charge < -0.3 is 9.64 Å². The van der Waals surface area contributed by atoms with Crippen LogP contribution >= 0.6 is 0 Å². The first-order valence-electron chi connectivity index (χ1n) is 7.51. The number of esters is 1. The van der Waals surface area contributed by atoms with Gasteiger partial charge in [-0.15, -0.1) is 0 Å². The third-order valence-electron chi connectivity index (χ3n) is 3.83. The van der Waals surface area contributed by atoms with Crippen molar-refractivity contribution in [3.05, 3.63) is 71.8 Å². The normalized spacial score (nSPS) is 10.2. The molecule has 0 fully saturated rings. The molecule has 0 N–H and O–H groups in total. The van der Waals surface area contributed by atoms with Gasteiger partial charge in [0.1, 0.15) is 5.75 Å². The van der Waals surface area contributed by atoms with E-state index in [-0.39, 0.29) is 0 Å². The topological polar surface area (TPSA) is 53.3 Å². The number of anilines is 1. The van der Waals surface area contributed by atoms with E-state index in [1.54, 1.807) is 24.3 Å². The minimum atomic E-state index is -0.421. The highest BCUT2D eigenvalue weighted by Crippen LogP contribution is 2.29. The maximum absolute atomic E-state index is 12.4. The van der Waals surface area contributed by atoms with E-state index in [4.69, 9.17) is 4.74 Å². The minimum absolute atomic E-state index is 0.421. The summed E-state index contributed by atoms with van der Waals surface area (Å²) in [5, 5.41) is 10.7. The molecule has 3 aromatic carbocycles. The Labute approximate surface area is 140 Å². The molecule has 0 saturated heterocycles. The van der Waals surface area contributed by atoms with Crippen LogP contribution in [0.3, 0.4) is 0 Å². The molecular formula is C20H16N2O2. The summed E-state index contributed by atoms with van der Waals surface area (Å²) in [7, 11) is 3.88. The number of rotatable bonds is 3. The summed E-state index contributed by atoms with van der Waals surface area (Å²) >= 11 is 0. The summed E-state index contributed by atoms with van der Waals surface area (Å²) in [6.45, 7) is 0. The molecule has 118 valence electrons. The molecule has 0 atom stereocenters. The van der Waals surface area contributed by atoms with Gasteiger partial charge in [-0.1, -0.05) is 24.3 Å². The zero-order valence-electron chi connectivity index (χ0n) is 13.5. The van der Waals surface area contributed by atoms with Crippen LogP contribution in [0, 0.1) is 11.3 Å². The summed E-state index contributed by atoms with van der Waals surface area (Å²) < 4.78 is 5.55. The second-order valence-electron chi connectivity index (χ2n) is 5.60. The zero-order chi connectivity index (χ0) is 17.1. The Hall–Kier alpha value is -3.32. The van der Waals surface area contributed by atoms with Crippen LogP contribution in [-0.2, 0) is 0 Å². The highest BCUT2D eigenvalue weighted by molar-refractivity contribution is 5.97. The van der Waals surface area contributed by atoms with E-state index in [0.717, 1.165) is 16.5 Å². The van der Waals surface area contributed by atoms with Crippen molar-refractivity contribution in [2.24, 2.45) is 0 Å². The van der Waals surface area contributed by atoms with Crippen molar-refractivity contribution in [1.82, 2.24) is 0 Å². The highest BCUT2D eigenvalue weighted by atomic mass is 16.5. The molecular weight excluding hydrogens is 300 g/mol. The number of carbonyl (C=O) groups is 1. The molecule has 4 nitrogen and oxygen atoms in total. The fourth-order valence-corrected chi connectivity index (χ4v) is 2.51. The maximum Gasteiger partial charge on any atom is 0.343 e. The summed E-state index contributed by atoms with van der Waals surface area (Å²) in [5.74, 6) is 0.0291. The van der Waals surface area contributed by atoms with Crippen molar-refractivity contribution in [3.8, 4) is 11.8 Å². The fraction of sp³-hybridized carbons (Fsp3) is 0.100. The molecule has 24 heavy (non-hydrogen) atoms. The quantitative estimate of drug-likeness (QED) is 0.541. The fourth-order valence-electron chi connectivity index (χ4n) is 2.51. The molecule has 0 unspecified atom stereocenters. The Morgan fingerprint density at radius 3 is 2.25 bits per heavy atom. The van der Waals surface area contributed by atoms with E-state index >= 15 is 0 Å². The van der Waals surface area contributed by atoms with E-state index in [9.17, 15) is 10.1 Å². The molecule has 3 rings (SSSR count). The monoisotopic (exact) mass is 316 g/mol. The number of hydrogen-bond acceptors (Lipinski definition) is 4. The molecule has 4 heteroatoms. The van der Waals surface area contributed by atoms with Gasteiger partial charge >= 0.3 is 5.97 Å². The first-order valence-corrected chi connectivity index (χ1v) is 7.51. The van der Waals surface area contributed by atoms with Gasteiger partial charge in [0, 0.05) is 30.6 Å². The SMILES string of the molecule is CN(C)c1ccc(C(=O)Oc2ccc(C#N)c3ccccc23)cc1. The van der Waals surface area contributed by atoms with Gasteiger partial charge in [0.05, 0.1) is 17.2 Å². The summed E-state index contributed by atoms with van der Waals surface area (Å²) in [6.07, 6.45) is 0. The number of carbonyl (C=O) groups excluding carboxylic acids is 1. The van der Waals surface area contributed by atoms with Crippen molar-refractivity contribution in [1.29, 1.82) is 5.26 Å². The average Bonchev–Trinajstić information content (AvgIpc) is 2.62. The lowest BCUT2D eigenvalue weighted by molar-refractivity contribution is 0.0737. The van der Waals surface area contributed by atoms with E-state index in [0.29, 0.717) is 16.9 Å². The first kappa shape index (κ1) is 15.6. The number of benzene rings is 3. The van der Waals surface area contributed by atoms with Crippen LogP contribution in [0.2, 0.25) is 0 Å². The van der Waals surface area contributed by atoms with Crippen molar-refractivity contribution >= 4 is 22.4 Å². The maximum atomic E-state index is 12.4. The lowest BCUT2D eigenvalue weighted by atomic mass is 10.0. The van der Waals surface area contributed by atoms with Crippen LogP contribution in [0.25, 0.3) is 10.8 Å². The van der Waals surface area contributed by atoms with E-state index < -0.39 is 5.97 Å². The lowest BCUT2D eigenvalue weighted by Gasteiger charge is -2.13. The molecule has 0 amide bonds. The molecule has 0 aromatic heterocycles. The molecule has 0 aliphatic carbocycles. The summed E-state index contributed by atoms with van der Waals surface area (Å²) in [6, 6.07) is 20.1. The van der Waals surface area contributed by atoms with Gasteiger partial charge in [-0.2, -0.15) is 5.26 Å². The molecule has 0 saturated carbocycles. The predicted octanol–water partition coefficient (Wildman–Crippen LogP) is 4.00. The molecule has 3 aromatic rings. The Morgan fingerprint density at radius 1 is 0.958 bits per heavy atom. The Bertz CT molecular complexity index is 938. The smallest absolute Gasteiger partial charge is 0.343 e. The van der Waals surface area contributed by atoms with Crippen molar-refractivity contribution in [2.45, 2.75) is 0 Å². The summed E-state index contributed by atoms with van der Waals surface area (Å²) in [4.78, 5) is 14.4. The van der Waals surface area contributed by atoms with Gasteiger partial charge in [-0.3, -0.25) is 0 Å². The number of nitriles is 1. The average molecular weight is 316 g/mol. The number of ether oxygens (including phenoxy) is 1. The summed E-state index contributed by atoms with van der Waals surface area (Å²) in [5.41, 5.74) is 2.05. The van der Waals surface area contributed by atoms with Crippen LogP contribution in [0.1, 0.15) is 15.9 Å². The second kappa shape index (κ2) is 6.43. The zero-order valence-corrected chi connectivity index (χ0v) is 13.5. The second-order valence-corrected chi connectivity index (χ2v) is 5.60. The Morgan fingerprint density at radius 2 is 1.62 bits per heavy atom. The van der Waals surface area contributed by atoms with Gasteiger partial charge in [-0.25, -0.2) is 4.79 Å². The van der Waals surface area contributed by atoms with Gasteiger partial charge in [-0.05, 0) is 36.4 Å².